The molecule has 2 heterocycles. The Kier molecular flexibility index (Phi) is 6.07. The van der Waals surface area contributed by atoms with Crippen molar-refractivity contribution in [2.45, 2.75) is 32.4 Å². The quantitative estimate of drug-likeness (QED) is 0.630. The summed E-state index contributed by atoms with van der Waals surface area (Å²) in [6.45, 7) is 4.57. The van der Waals surface area contributed by atoms with E-state index in [2.05, 4.69) is 0 Å². The van der Waals surface area contributed by atoms with Crippen LogP contribution in [-0.2, 0) is 19.4 Å². The minimum absolute atomic E-state index is 0.0458. The van der Waals surface area contributed by atoms with Gasteiger partial charge in [0, 0.05) is 25.4 Å². The van der Waals surface area contributed by atoms with Gasteiger partial charge < -0.3 is 4.74 Å². The summed E-state index contributed by atoms with van der Waals surface area (Å²) in [5.41, 5.74) is 1.74. The Morgan fingerprint density at radius 1 is 1.21 bits per heavy atom. The number of carbonyl (C=O) groups excluding carboxylic acids is 2. The highest BCUT2D eigenvalue weighted by molar-refractivity contribution is 7.91. The zero-order valence-electron chi connectivity index (χ0n) is 16.5. The Hall–Kier alpha value is -1.97. The van der Waals surface area contributed by atoms with Crippen LogP contribution in [0.25, 0.3) is 0 Å². The molecule has 1 aromatic carbocycles. The summed E-state index contributed by atoms with van der Waals surface area (Å²) in [6, 6.07) is 6.24. The Bertz CT molecular complexity index is 840. The van der Waals surface area contributed by atoms with E-state index in [1.165, 1.54) is 9.80 Å². The van der Waals surface area contributed by atoms with Gasteiger partial charge in [-0.2, -0.15) is 0 Å². The van der Waals surface area contributed by atoms with Gasteiger partial charge in [0.1, 0.15) is 6.04 Å². The number of rotatable bonds is 7. The molecule has 28 heavy (non-hydrogen) atoms. The summed E-state index contributed by atoms with van der Waals surface area (Å²) < 4.78 is 28.9. The molecule has 154 valence electrons. The van der Waals surface area contributed by atoms with Crippen molar-refractivity contribution in [3.63, 3.8) is 0 Å². The van der Waals surface area contributed by atoms with Crippen LogP contribution in [0.5, 0.6) is 0 Å². The number of urea groups is 1. The Morgan fingerprint density at radius 2 is 1.89 bits per heavy atom. The first-order valence-corrected chi connectivity index (χ1v) is 11.2. The van der Waals surface area contributed by atoms with Gasteiger partial charge in [-0.15, -0.1) is 0 Å². The highest BCUT2D eigenvalue weighted by Gasteiger charge is 2.45. The first-order chi connectivity index (χ1) is 13.2. The SMILES string of the molecule is COCCN(CN1C(=O)[C@H](C)N(c2ccc(C)cc2)C1=O)[C@@H]1CCS(=O)(=O)C1. The van der Waals surface area contributed by atoms with Gasteiger partial charge in [-0.3, -0.25) is 14.6 Å². The van der Waals surface area contributed by atoms with Crippen LogP contribution in [0.3, 0.4) is 0 Å². The summed E-state index contributed by atoms with van der Waals surface area (Å²) in [5, 5.41) is 0. The van der Waals surface area contributed by atoms with Gasteiger partial charge in [0.15, 0.2) is 9.84 Å². The van der Waals surface area contributed by atoms with E-state index in [0.717, 1.165) is 5.56 Å². The van der Waals surface area contributed by atoms with Crippen molar-refractivity contribution >= 4 is 27.5 Å². The molecular formula is C19H27N3O5S. The van der Waals surface area contributed by atoms with Gasteiger partial charge in [0.05, 0.1) is 24.8 Å². The predicted molar refractivity (Wildman–Crippen MR) is 106 cm³/mol. The zero-order chi connectivity index (χ0) is 20.5. The lowest BCUT2D eigenvalue weighted by molar-refractivity contribution is -0.128. The monoisotopic (exact) mass is 409 g/mol. The number of hydrogen-bond donors (Lipinski definition) is 0. The summed E-state index contributed by atoms with van der Waals surface area (Å²) in [4.78, 5) is 30.4. The molecule has 0 spiro atoms. The molecule has 1 aromatic rings. The number of ether oxygens (including phenoxy) is 1. The lowest BCUT2D eigenvalue weighted by atomic mass is 10.2. The van der Waals surface area contributed by atoms with Crippen LogP contribution in [0.4, 0.5) is 10.5 Å². The minimum Gasteiger partial charge on any atom is -0.383 e. The molecule has 0 N–H and O–H groups in total. The van der Waals surface area contributed by atoms with Crippen LogP contribution in [0.15, 0.2) is 24.3 Å². The molecule has 0 bridgehead atoms. The van der Waals surface area contributed by atoms with E-state index >= 15 is 0 Å². The van der Waals surface area contributed by atoms with Gasteiger partial charge >= 0.3 is 6.03 Å². The van der Waals surface area contributed by atoms with Crippen LogP contribution in [0.1, 0.15) is 18.9 Å². The number of anilines is 1. The number of methoxy groups -OCH3 is 1. The first kappa shape index (κ1) is 20.8. The molecule has 9 heteroatoms. The number of imide groups is 1. The van der Waals surface area contributed by atoms with Crippen LogP contribution in [0.2, 0.25) is 0 Å². The van der Waals surface area contributed by atoms with Crippen molar-refractivity contribution in [3.8, 4) is 0 Å². The summed E-state index contributed by atoms with van der Waals surface area (Å²) >= 11 is 0. The highest BCUT2D eigenvalue weighted by atomic mass is 32.2. The third-order valence-corrected chi connectivity index (χ3v) is 7.14. The molecule has 0 unspecified atom stereocenters. The Labute approximate surface area is 166 Å². The molecule has 0 saturated carbocycles. The maximum absolute atomic E-state index is 13.0. The molecule has 8 nitrogen and oxygen atoms in total. The maximum Gasteiger partial charge on any atom is 0.333 e. The number of benzene rings is 1. The van der Waals surface area contributed by atoms with Crippen molar-refractivity contribution in [3.05, 3.63) is 29.8 Å². The van der Waals surface area contributed by atoms with E-state index in [9.17, 15) is 18.0 Å². The summed E-state index contributed by atoms with van der Waals surface area (Å²) in [7, 11) is -1.51. The van der Waals surface area contributed by atoms with E-state index in [1.54, 1.807) is 14.0 Å². The molecule has 0 aliphatic carbocycles. The Balaban J connectivity index is 1.79. The van der Waals surface area contributed by atoms with Gasteiger partial charge in [0.2, 0.25) is 0 Å². The molecule has 3 amide bonds. The number of nitrogens with zero attached hydrogens (tertiary/aromatic N) is 3. The molecule has 2 fully saturated rings. The van der Waals surface area contributed by atoms with E-state index in [1.807, 2.05) is 36.1 Å². The van der Waals surface area contributed by atoms with Gasteiger partial charge in [-0.1, -0.05) is 17.7 Å². The molecular weight excluding hydrogens is 382 g/mol. The van der Waals surface area contributed by atoms with Crippen LogP contribution >= 0.6 is 0 Å². The zero-order valence-corrected chi connectivity index (χ0v) is 17.3. The van der Waals surface area contributed by atoms with E-state index in [-0.39, 0.29) is 36.2 Å². The van der Waals surface area contributed by atoms with Crippen molar-refractivity contribution in [2.75, 3.05) is 43.3 Å². The number of aryl methyl sites for hydroxylation is 1. The summed E-state index contributed by atoms with van der Waals surface area (Å²) in [5.74, 6) is -0.104. The predicted octanol–water partition coefficient (Wildman–Crippen LogP) is 1.25. The highest BCUT2D eigenvalue weighted by Crippen LogP contribution is 2.27. The number of amides is 3. The van der Waals surface area contributed by atoms with E-state index in [4.69, 9.17) is 4.74 Å². The van der Waals surface area contributed by atoms with Crippen LogP contribution < -0.4 is 4.90 Å². The van der Waals surface area contributed by atoms with Crippen LogP contribution in [0, 0.1) is 6.92 Å². The van der Waals surface area contributed by atoms with E-state index < -0.39 is 15.9 Å². The number of sulfone groups is 1. The fraction of sp³-hybridized carbons (Fsp3) is 0.579. The topological polar surface area (TPSA) is 87.2 Å². The fourth-order valence-corrected chi connectivity index (χ4v) is 5.48. The average molecular weight is 410 g/mol. The molecule has 0 radical (unpaired) electrons. The fourth-order valence-electron chi connectivity index (χ4n) is 3.72. The third-order valence-electron chi connectivity index (χ3n) is 5.39. The van der Waals surface area contributed by atoms with Crippen molar-refractivity contribution in [2.24, 2.45) is 0 Å². The maximum atomic E-state index is 13.0. The molecule has 2 saturated heterocycles. The molecule has 2 aliphatic rings. The number of hydrogen-bond acceptors (Lipinski definition) is 6. The van der Waals surface area contributed by atoms with Gasteiger partial charge in [-0.05, 0) is 32.4 Å². The van der Waals surface area contributed by atoms with Gasteiger partial charge in [0.25, 0.3) is 5.91 Å². The normalized spacial score (nSPS) is 24.6. The van der Waals surface area contributed by atoms with Crippen molar-refractivity contribution in [1.82, 2.24) is 9.80 Å². The third kappa shape index (κ3) is 4.21. The molecule has 2 atom stereocenters. The minimum atomic E-state index is -3.08. The second kappa shape index (κ2) is 8.18. The standard InChI is InChI=1S/C19H27N3O5S/c1-14-4-6-16(7-5-14)22-15(2)18(23)21(19(22)24)13-20(9-10-27-3)17-8-11-28(25,26)12-17/h4-7,15,17H,8-13H2,1-3H3/t15-,17+/m0/s1. The lowest BCUT2D eigenvalue weighted by Crippen LogP contribution is -2.48. The van der Waals surface area contributed by atoms with Gasteiger partial charge in [-0.25, -0.2) is 18.1 Å². The van der Waals surface area contributed by atoms with Crippen molar-refractivity contribution < 1.29 is 22.7 Å². The largest absolute Gasteiger partial charge is 0.383 e. The second-order valence-corrected chi connectivity index (χ2v) is 9.66. The van der Waals surface area contributed by atoms with Crippen LogP contribution in [-0.4, -0.2) is 80.7 Å². The smallest absolute Gasteiger partial charge is 0.333 e. The lowest BCUT2D eigenvalue weighted by Gasteiger charge is -2.30. The first-order valence-electron chi connectivity index (χ1n) is 9.38. The van der Waals surface area contributed by atoms with Crippen molar-refractivity contribution in [1.29, 1.82) is 0 Å². The Morgan fingerprint density at radius 3 is 2.46 bits per heavy atom. The molecule has 0 aromatic heterocycles. The molecule has 2 aliphatic heterocycles. The second-order valence-electron chi connectivity index (χ2n) is 7.43. The number of carbonyl (C=O) groups is 2. The average Bonchev–Trinajstić information content (AvgIpc) is 3.11. The molecule has 3 rings (SSSR count). The van der Waals surface area contributed by atoms with E-state index in [0.29, 0.717) is 25.3 Å². The summed E-state index contributed by atoms with van der Waals surface area (Å²) in [6.07, 6.45) is 0.500.